The maximum atomic E-state index is 9.00. The lowest BCUT2D eigenvalue weighted by Gasteiger charge is -1.92. The number of nitrogens with two attached hydrogens (primary N) is 2. The van der Waals surface area contributed by atoms with E-state index in [1.165, 1.54) is 10.8 Å². The molecule has 72 valence electrons. The summed E-state index contributed by atoms with van der Waals surface area (Å²) in [6.45, 7) is 0. The van der Waals surface area contributed by atoms with E-state index in [0.717, 1.165) is 0 Å². The Balaban J connectivity index is 0.000000213. The summed E-state index contributed by atoms with van der Waals surface area (Å²) in [6.07, 6.45) is 0. The fourth-order valence-corrected chi connectivity index (χ4v) is 1.13. The second-order valence-electron chi connectivity index (χ2n) is 2.75. The van der Waals surface area contributed by atoms with Crippen LogP contribution in [0.4, 0.5) is 4.79 Å². The number of primary amides is 2. The van der Waals surface area contributed by atoms with E-state index in [1.54, 1.807) is 0 Å². The molecule has 4 N–H and O–H groups in total. The van der Waals surface area contributed by atoms with Crippen LogP contribution in [0.1, 0.15) is 0 Å². The van der Waals surface area contributed by atoms with Crippen LogP contribution >= 0.6 is 0 Å². The summed E-state index contributed by atoms with van der Waals surface area (Å²) >= 11 is 0. The first-order chi connectivity index (χ1) is 6.70. The Morgan fingerprint density at radius 3 is 1.21 bits per heavy atom. The Morgan fingerprint density at radius 2 is 1.00 bits per heavy atom. The van der Waals surface area contributed by atoms with E-state index in [9.17, 15) is 0 Å². The lowest BCUT2D eigenvalue weighted by molar-refractivity contribution is 0.256. The predicted molar refractivity (Wildman–Crippen MR) is 57.7 cm³/mol. The molecule has 0 aliphatic heterocycles. The van der Waals surface area contributed by atoms with Gasteiger partial charge in [-0.05, 0) is 10.8 Å². The minimum atomic E-state index is -0.833. The Morgan fingerprint density at radius 1 is 0.786 bits per heavy atom. The smallest absolute Gasteiger partial charge is 0.309 e. The van der Waals surface area contributed by atoms with Gasteiger partial charge in [-0.25, -0.2) is 4.79 Å². The summed E-state index contributed by atoms with van der Waals surface area (Å²) in [5, 5.41) is 2.62. The fourth-order valence-electron chi connectivity index (χ4n) is 1.13. The van der Waals surface area contributed by atoms with Crippen LogP contribution in [0.25, 0.3) is 10.8 Å². The predicted octanol–water partition coefficient (Wildman–Crippen LogP) is 1.86. The third-order valence-corrected chi connectivity index (χ3v) is 1.66. The first kappa shape index (κ1) is 10.1. The first-order valence-corrected chi connectivity index (χ1v) is 4.19. The van der Waals surface area contributed by atoms with Crippen molar-refractivity contribution in [1.82, 2.24) is 0 Å². The fraction of sp³-hybridized carbons (Fsp3) is 0. The average molecular weight is 188 g/mol. The molecule has 0 saturated carbocycles. The molecule has 2 aromatic rings. The van der Waals surface area contributed by atoms with E-state index in [-0.39, 0.29) is 0 Å². The monoisotopic (exact) mass is 188 g/mol. The number of hydrogen-bond donors (Lipinski definition) is 2. The van der Waals surface area contributed by atoms with Crippen molar-refractivity contribution >= 4 is 16.8 Å². The van der Waals surface area contributed by atoms with Crippen molar-refractivity contribution in [2.24, 2.45) is 11.5 Å². The maximum Gasteiger partial charge on any atom is 0.309 e. The third kappa shape index (κ3) is 3.15. The molecule has 0 spiro atoms. The molecule has 0 aliphatic rings. The summed E-state index contributed by atoms with van der Waals surface area (Å²) in [7, 11) is 0. The average Bonchev–Trinajstić information content (AvgIpc) is 2.17. The van der Waals surface area contributed by atoms with E-state index in [2.05, 4.69) is 60.0 Å². The molecule has 3 nitrogen and oxygen atoms in total. The van der Waals surface area contributed by atoms with Gasteiger partial charge in [-0.15, -0.1) is 0 Å². The van der Waals surface area contributed by atoms with Crippen molar-refractivity contribution in [2.75, 3.05) is 0 Å². The normalized spacial score (nSPS) is 8.86. The second-order valence-corrected chi connectivity index (χ2v) is 2.75. The van der Waals surface area contributed by atoms with Gasteiger partial charge in [0.05, 0.1) is 0 Å². The van der Waals surface area contributed by atoms with Crippen molar-refractivity contribution in [3.63, 3.8) is 0 Å². The van der Waals surface area contributed by atoms with Crippen molar-refractivity contribution in [2.45, 2.75) is 0 Å². The van der Waals surface area contributed by atoms with Crippen LogP contribution in [0.2, 0.25) is 0 Å². The van der Waals surface area contributed by atoms with Crippen molar-refractivity contribution in [3.8, 4) is 0 Å². The SMILES string of the molecule is NC(N)=O.c1ccc2ccccc2c1. The van der Waals surface area contributed by atoms with Crippen molar-refractivity contribution in [1.29, 1.82) is 0 Å². The van der Waals surface area contributed by atoms with Gasteiger partial charge >= 0.3 is 6.03 Å². The highest BCUT2D eigenvalue weighted by Crippen LogP contribution is 2.11. The summed E-state index contributed by atoms with van der Waals surface area (Å²) in [6, 6.07) is 15.9. The summed E-state index contributed by atoms with van der Waals surface area (Å²) < 4.78 is 0. The number of urea groups is 1. The minimum Gasteiger partial charge on any atom is -0.352 e. The number of fused-ring (bicyclic) bond motifs is 1. The molecule has 2 amide bonds. The van der Waals surface area contributed by atoms with Gasteiger partial charge in [0.15, 0.2) is 0 Å². The largest absolute Gasteiger partial charge is 0.352 e. The van der Waals surface area contributed by atoms with Crippen LogP contribution in [0.5, 0.6) is 0 Å². The molecule has 2 rings (SSSR count). The topological polar surface area (TPSA) is 69.1 Å². The van der Waals surface area contributed by atoms with Crippen LogP contribution in [0, 0.1) is 0 Å². The first-order valence-electron chi connectivity index (χ1n) is 4.19. The van der Waals surface area contributed by atoms with E-state index >= 15 is 0 Å². The Hall–Kier alpha value is -2.03. The number of rotatable bonds is 0. The van der Waals surface area contributed by atoms with Gasteiger partial charge in [0.25, 0.3) is 0 Å². The Bertz CT molecular complexity index is 357. The molecule has 14 heavy (non-hydrogen) atoms. The molecule has 0 unspecified atom stereocenters. The highest BCUT2D eigenvalue weighted by atomic mass is 16.2. The molecule has 0 heterocycles. The molecule has 0 atom stereocenters. The summed E-state index contributed by atoms with van der Waals surface area (Å²) in [5.74, 6) is 0. The van der Waals surface area contributed by atoms with Gasteiger partial charge in [0.2, 0.25) is 0 Å². The van der Waals surface area contributed by atoms with E-state index < -0.39 is 6.03 Å². The second kappa shape index (κ2) is 4.87. The van der Waals surface area contributed by atoms with Crippen LogP contribution < -0.4 is 11.5 Å². The van der Waals surface area contributed by atoms with Gasteiger partial charge in [-0.1, -0.05) is 48.5 Å². The van der Waals surface area contributed by atoms with Crippen molar-refractivity contribution < 1.29 is 4.79 Å². The van der Waals surface area contributed by atoms with Crippen LogP contribution in [0.3, 0.4) is 0 Å². The minimum absolute atomic E-state index is 0.833. The zero-order chi connectivity index (χ0) is 10.4. The zero-order valence-electron chi connectivity index (χ0n) is 7.68. The Labute approximate surface area is 82.3 Å². The van der Waals surface area contributed by atoms with Crippen LogP contribution in [0.15, 0.2) is 48.5 Å². The summed E-state index contributed by atoms with van der Waals surface area (Å²) in [5.41, 5.74) is 8.50. The third-order valence-electron chi connectivity index (χ3n) is 1.66. The molecule has 0 aliphatic carbocycles. The van der Waals surface area contributed by atoms with Crippen LogP contribution in [-0.2, 0) is 0 Å². The number of hydrogen-bond acceptors (Lipinski definition) is 1. The number of amides is 2. The number of carbonyl (C=O) groups is 1. The standard InChI is InChI=1S/C10H8.CH4N2O/c1-2-6-10-8-4-3-7-9(10)5-1;2-1(3)4/h1-8H;(H4,2,3,4). The summed E-state index contributed by atoms with van der Waals surface area (Å²) in [4.78, 5) is 9.00. The number of carbonyl (C=O) groups excluding carboxylic acids is 1. The molecule has 0 radical (unpaired) electrons. The quantitative estimate of drug-likeness (QED) is 0.651. The molecule has 0 fully saturated rings. The van der Waals surface area contributed by atoms with E-state index in [4.69, 9.17) is 4.79 Å². The van der Waals surface area contributed by atoms with Gasteiger partial charge in [0.1, 0.15) is 0 Å². The molecular weight excluding hydrogens is 176 g/mol. The highest BCUT2D eigenvalue weighted by molar-refractivity contribution is 5.81. The van der Waals surface area contributed by atoms with E-state index in [0.29, 0.717) is 0 Å². The van der Waals surface area contributed by atoms with Crippen molar-refractivity contribution in [3.05, 3.63) is 48.5 Å². The lowest BCUT2D eigenvalue weighted by Crippen LogP contribution is -2.18. The highest BCUT2D eigenvalue weighted by Gasteiger charge is 1.85. The van der Waals surface area contributed by atoms with Gasteiger partial charge in [-0.3, -0.25) is 0 Å². The Kier molecular flexibility index (Phi) is 3.49. The lowest BCUT2D eigenvalue weighted by atomic mass is 10.1. The van der Waals surface area contributed by atoms with Gasteiger partial charge in [0, 0.05) is 0 Å². The van der Waals surface area contributed by atoms with Gasteiger partial charge in [-0.2, -0.15) is 0 Å². The van der Waals surface area contributed by atoms with Crippen LogP contribution in [-0.4, -0.2) is 6.03 Å². The zero-order valence-corrected chi connectivity index (χ0v) is 7.68. The van der Waals surface area contributed by atoms with E-state index in [1.807, 2.05) is 0 Å². The molecule has 0 aromatic heterocycles. The number of benzene rings is 2. The van der Waals surface area contributed by atoms with Gasteiger partial charge < -0.3 is 11.5 Å². The molecule has 0 bridgehead atoms. The molecular formula is C11H12N2O. The molecule has 3 heteroatoms. The molecule has 2 aromatic carbocycles. The maximum absolute atomic E-state index is 9.00. The molecule has 0 saturated heterocycles.